The van der Waals surface area contributed by atoms with Gasteiger partial charge >= 0.3 is 0 Å². The van der Waals surface area contributed by atoms with Crippen LogP contribution in [-0.2, 0) is 13.1 Å². The largest absolute Gasteiger partial charge is 0.294 e. The molecular weight excluding hydrogens is 296 g/mol. The first kappa shape index (κ1) is 14.9. The summed E-state index contributed by atoms with van der Waals surface area (Å²) < 4.78 is 1.37. The van der Waals surface area contributed by atoms with Gasteiger partial charge in [0.15, 0.2) is 0 Å². The maximum Gasteiger partial charge on any atom is 0.275 e. The smallest absolute Gasteiger partial charge is 0.275 e. The molecule has 6 heteroatoms. The van der Waals surface area contributed by atoms with Crippen molar-refractivity contribution in [3.63, 3.8) is 0 Å². The van der Waals surface area contributed by atoms with Crippen molar-refractivity contribution in [1.82, 2.24) is 19.5 Å². The van der Waals surface area contributed by atoms with Gasteiger partial charge in [-0.1, -0.05) is 48.6 Å². The molecule has 0 aliphatic heterocycles. The molecule has 2 heterocycles. The van der Waals surface area contributed by atoms with Crippen molar-refractivity contribution in [2.24, 2.45) is 0 Å². The summed E-state index contributed by atoms with van der Waals surface area (Å²) in [6, 6.07) is 11.9. The van der Waals surface area contributed by atoms with Crippen LogP contribution in [-0.4, -0.2) is 26.0 Å². The Balaban J connectivity index is 1.83. The van der Waals surface area contributed by atoms with Crippen LogP contribution in [0.3, 0.4) is 0 Å². The molecule has 0 fully saturated rings. The minimum absolute atomic E-state index is 0.111. The number of fused-ring (bicyclic) bond motifs is 1. The van der Waals surface area contributed by atoms with E-state index in [1.165, 1.54) is 21.4 Å². The Hall–Kier alpha value is -2.05. The Morgan fingerprint density at radius 1 is 1.23 bits per heavy atom. The third-order valence-electron chi connectivity index (χ3n) is 3.48. The minimum atomic E-state index is -0.111. The second-order valence-electron chi connectivity index (χ2n) is 5.19. The van der Waals surface area contributed by atoms with E-state index in [1.54, 1.807) is 6.07 Å². The second kappa shape index (κ2) is 6.37. The van der Waals surface area contributed by atoms with Crippen molar-refractivity contribution in [2.75, 3.05) is 6.54 Å². The van der Waals surface area contributed by atoms with Gasteiger partial charge < -0.3 is 0 Å². The van der Waals surface area contributed by atoms with Crippen LogP contribution in [0.5, 0.6) is 0 Å². The molecule has 114 valence electrons. The lowest BCUT2D eigenvalue weighted by molar-refractivity contribution is 0.268. The first-order valence-corrected chi connectivity index (χ1v) is 8.10. The van der Waals surface area contributed by atoms with Gasteiger partial charge in [0.1, 0.15) is 5.01 Å². The molecule has 0 atom stereocenters. The lowest BCUT2D eigenvalue weighted by Gasteiger charge is -2.19. The first-order valence-electron chi connectivity index (χ1n) is 7.28. The zero-order chi connectivity index (χ0) is 15.5. The normalized spacial score (nSPS) is 11.4. The SMILES string of the molecule is CCN(Cc1ccccc1)Cc1cc(=O)n2nc(C)sc2n1. The Kier molecular flexibility index (Phi) is 4.31. The highest BCUT2D eigenvalue weighted by molar-refractivity contribution is 7.16. The number of hydrogen-bond acceptors (Lipinski definition) is 5. The first-order chi connectivity index (χ1) is 10.7. The van der Waals surface area contributed by atoms with Crippen molar-refractivity contribution < 1.29 is 0 Å². The van der Waals surface area contributed by atoms with Gasteiger partial charge in [-0.2, -0.15) is 9.61 Å². The minimum Gasteiger partial charge on any atom is -0.294 e. The molecule has 0 bridgehead atoms. The summed E-state index contributed by atoms with van der Waals surface area (Å²) in [6.07, 6.45) is 0. The summed E-state index contributed by atoms with van der Waals surface area (Å²) >= 11 is 1.44. The molecule has 0 saturated heterocycles. The molecule has 2 aromatic heterocycles. The van der Waals surface area contributed by atoms with Crippen LogP contribution in [0.15, 0.2) is 41.2 Å². The van der Waals surface area contributed by atoms with E-state index in [0.29, 0.717) is 11.5 Å². The molecule has 0 N–H and O–H groups in total. The van der Waals surface area contributed by atoms with Crippen LogP contribution < -0.4 is 5.56 Å². The molecule has 0 radical (unpaired) electrons. The summed E-state index contributed by atoms with van der Waals surface area (Å²) in [5.74, 6) is 0. The Morgan fingerprint density at radius 2 is 2.00 bits per heavy atom. The quantitative estimate of drug-likeness (QED) is 0.726. The van der Waals surface area contributed by atoms with Gasteiger partial charge in [-0.15, -0.1) is 0 Å². The molecule has 3 aromatic rings. The lowest BCUT2D eigenvalue weighted by Crippen LogP contribution is -2.25. The van der Waals surface area contributed by atoms with E-state index in [9.17, 15) is 4.79 Å². The molecule has 0 saturated carbocycles. The molecule has 3 rings (SSSR count). The van der Waals surface area contributed by atoms with E-state index in [4.69, 9.17) is 0 Å². The average Bonchev–Trinajstić information content (AvgIpc) is 2.88. The highest BCUT2D eigenvalue weighted by atomic mass is 32.1. The summed E-state index contributed by atoms with van der Waals surface area (Å²) in [5, 5.41) is 5.01. The number of aryl methyl sites for hydroxylation is 1. The van der Waals surface area contributed by atoms with E-state index in [1.807, 2.05) is 25.1 Å². The molecule has 0 aliphatic rings. The topological polar surface area (TPSA) is 50.5 Å². The third kappa shape index (κ3) is 3.23. The van der Waals surface area contributed by atoms with E-state index in [2.05, 4.69) is 34.0 Å². The summed E-state index contributed by atoms with van der Waals surface area (Å²) in [4.78, 5) is 19.6. The average molecular weight is 314 g/mol. The van der Waals surface area contributed by atoms with Crippen LogP contribution in [0, 0.1) is 6.92 Å². The number of aromatic nitrogens is 3. The highest BCUT2D eigenvalue weighted by Crippen LogP contribution is 2.12. The molecule has 22 heavy (non-hydrogen) atoms. The molecule has 0 amide bonds. The predicted molar refractivity (Wildman–Crippen MR) is 88.1 cm³/mol. The van der Waals surface area contributed by atoms with Crippen LogP contribution in [0.2, 0.25) is 0 Å². The van der Waals surface area contributed by atoms with E-state index >= 15 is 0 Å². The zero-order valence-electron chi connectivity index (χ0n) is 12.7. The Morgan fingerprint density at radius 3 is 2.73 bits per heavy atom. The molecular formula is C16H18N4OS. The van der Waals surface area contributed by atoms with Crippen molar-refractivity contribution in [3.8, 4) is 0 Å². The summed E-state index contributed by atoms with van der Waals surface area (Å²) in [6.45, 7) is 6.41. The van der Waals surface area contributed by atoms with Gasteiger partial charge in [-0.3, -0.25) is 9.69 Å². The Bertz CT molecular complexity index is 825. The summed E-state index contributed by atoms with van der Waals surface area (Å²) in [7, 11) is 0. The molecule has 5 nitrogen and oxygen atoms in total. The maximum atomic E-state index is 12.1. The molecule has 0 aliphatic carbocycles. The van der Waals surface area contributed by atoms with Gasteiger partial charge in [-0.05, 0) is 19.0 Å². The van der Waals surface area contributed by atoms with Gasteiger partial charge in [0.05, 0.1) is 5.69 Å². The highest BCUT2D eigenvalue weighted by Gasteiger charge is 2.10. The summed E-state index contributed by atoms with van der Waals surface area (Å²) in [5.41, 5.74) is 1.95. The number of hydrogen-bond donors (Lipinski definition) is 0. The lowest BCUT2D eigenvalue weighted by atomic mass is 10.2. The van der Waals surface area contributed by atoms with Crippen LogP contribution >= 0.6 is 11.3 Å². The maximum absolute atomic E-state index is 12.1. The van der Waals surface area contributed by atoms with Crippen LogP contribution in [0.1, 0.15) is 23.2 Å². The number of benzene rings is 1. The van der Waals surface area contributed by atoms with E-state index in [0.717, 1.165) is 23.8 Å². The van der Waals surface area contributed by atoms with E-state index in [-0.39, 0.29) is 5.56 Å². The van der Waals surface area contributed by atoms with Crippen molar-refractivity contribution in [2.45, 2.75) is 26.9 Å². The van der Waals surface area contributed by atoms with Gasteiger partial charge in [0.2, 0.25) is 4.96 Å². The fraction of sp³-hybridized carbons (Fsp3) is 0.312. The fourth-order valence-corrected chi connectivity index (χ4v) is 3.15. The fourth-order valence-electron chi connectivity index (χ4n) is 2.38. The number of nitrogens with zero attached hydrogens (tertiary/aromatic N) is 4. The number of rotatable bonds is 5. The monoisotopic (exact) mass is 314 g/mol. The Labute approximate surface area is 132 Å². The van der Waals surface area contributed by atoms with Gasteiger partial charge in [0.25, 0.3) is 5.56 Å². The van der Waals surface area contributed by atoms with Crippen LogP contribution in [0.4, 0.5) is 0 Å². The second-order valence-corrected chi connectivity index (χ2v) is 6.35. The van der Waals surface area contributed by atoms with Gasteiger partial charge in [0, 0.05) is 19.2 Å². The van der Waals surface area contributed by atoms with E-state index < -0.39 is 0 Å². The predicted octanol–water partition coefficient (Wildman–Crippen LogP) is 2.48. The molecule has 0 unspecified atom stereocenters. The van der Waals surface area contributed by atoms with Crippen molar-refractivity contribution >= 4 is 16.3 Å². The van der Waals surface area contributed by atoms with Crippen LogP contribution in [0.25, 0.3) is 4.96 Å². The third-order valence-corrected chi connectivity index (χ3v) is 4.30. The molecule has 1 aromatic carbocycles. The van der Waals surface area contributed by atoms with Crippen molar-refractivity contribution in [1.29, 1.82) is 0 Å². The zero-order valence-corrected chi connectivity index (χ0v) is 13.5. The standard InChI is InChI=1S/C16H18N4OS/c1-3-19(10-13-7-5-4-6-8-13)11-14-9-15(21)20-16(17-14)22-12(2)18-20/h4-9H,3,10-11H2,1-2H3. The molecule has 0 spiro atoms. The van der Waals surface area contributed by atoms with Crippen molar-refractivity contribution in [3.05, 3.63) is 63.0 Å². The van der Waals surface area contributed by atoms with Gasteiger partial charge in [-0.25, -0.2) is 4.98 Å².